The van der Waals surface area contributed by atoms with Crippen LogP contribution in [-0.4, -0.2) is 18.3 Å². The predicted molar refractivity (Wildman–Crippen MR) is 120 cm³/mol. The summed E-state index contributed by atoms with van der Waals surface area (Å²) in [4.78, 5) is 15.6. The van der Waals surface area contributed by atoms with Crippen LogP contribution < -0.4 is 0 Å². The van der Waals surface area contributed by atoms with Gasteiger partial charge in [-0.05, 0) is 78.8 Å². The minimum Gasteiger partial charge on any atom is -0.289 e. The van der Waals surface area contributed by atoms with Gasteiger partial charge in [-0.3, -0.25) is 4.79 Å². The second kappa shape index (κ2) is 9.48. The smallest absolute Gasteiger partial charge is 0.185 e. The molecule has 0 atom stereocenters. The lowest BCUT2D eigenvalue weighted by Gasteiger charge is -2.25. The van der Waals surface area contributed by atoms with E-state index in [9.17, 15) is 4.79 Å². The summed E-state index contributed by atoms with van der Waals surface area (Å²) in [6.07, 6.45) is 11.2. The van der Waals surface area contributed by atoms with Crippen LogP contribution in [-0.2, 0) is 4.79 Å². The van der Waals surface area contributed by atoms with Gasteiger partial charge in [0, 0.05) is 20.9 Å². The van der Waals surface area contributed by atoms with Gasteiger partial charge in [-0.15, -0.1) is 23.5 Å². The number of hydrogen-bond acceptors (Lipinski definition) is 3. The maximum absolute atomic E-state index is 13.1. The monoisotopic (exact) mass is 394 g/mol. The summed E-state index contributed by atoms with van der Waals surface area (Å²) in [5, 5.41) is 0. The number of allylic oxidation sites excluding steroid dienone is 2. The number of hydrogen-bond donors (Lipinski definition) is 0. The average molecular weight is 395 g/mol. The molecule has 1 nitrogen and oxygen atoms in total. The van der Waals surface area contributed by atoms with Crippen molar-refractivity contribution in [3.05, 3.63) is 70.8 Å². The molecule has 0 saturated heterocycles. The molecule has 1 aliphatic rings. The van der Waals surface area contributed by atoms with Crippen LogP contribution in [0.3, 0.4) is 0 Å². The summed E-state index contributed by atoms with van der Waals surface area (Å²) in [6.45, 7) is 2.22. The number of ketones is 1. The van der Waals surface area contributed by atoms with E-state index in [1.54, 1.807) is 23.5 Å². The van der Waals surface area contributed by atoms with Crippen LogP contribution in [0.15, 0.2) is 69.5 Å². The Morgan fingerprint density at radius 2 is 1.22 bits per heavy atom. The molecular weight excluding hydrogens is 368 g/mol. The molecule has 0 bridgehead atoms. The highest BCUT2D eigenvalue weighted by Crippen LogP contribution is 2.34. The molecule has 3 rings (SSSR count). The van der Waals surface area contributed by atoms with Gasteiger partial charge in [0.1, 0.15) is 0 Å². The van der Waals surface area contributed by atoms with Gasteiger partial charge in [-0.1, -0.05) is 37.6 Å². The second-order valence-corrected chi connectivity index (χ2v) is 8.66. The van der Waals surface area contributed by atoms with Gasteiger partial charge in [0.05, 0.1) is 0 Å². The highest BCUT2D eigenvalue weighted by atomic mass is 32.2. The van der Waals surface area contributed by atoms with Gasteiger partial charge in [0.25, 0.3) is 0 Å². The van der Waals surface area contributed by atoms with E-state index in [2.05, 4.69) is 80.1 Å². The van der Waals surface area contributed by atoms with Crippen molar-refractivity contribution < 1.29 is 4.79 Å². The van der Waals surface area contributed by atoms with E-state index in [0.717, 1.165) is 41.5 Å². The molecule has 0 radical (unpaired) electrons. The molecule has 2 aromatic rings. The van der Waals surface area contributed by atoms with Crippen molar-refractivity contribution in [3.8, 4) is 0 Å². The van der Waals surface area contributed by atoms with Gasteiger partial charge in [0.2, 0.25) is 0 Å². The first-order valence-electron chi connectivity index (χ1n) is 9.37. The van der Waals surface area contributed by atoms with E-state index in [1.807, 2.05) is 0 Å². The third kappa shape index (κ3) is 5.18. The van der Waals surface area contributed by atoms with Crippen LogP contribution in [0.5, 0.6) is 0 Å². The number of rotatable bonds is 5. The Labute approximate surface area is 171 Å². The lowest BCUT2D eigenvalue weighted by molar-refractivity contribution is -0.113. The van der Waals surface area contributed by atoms with Crippen LogP contribution >= 0.6 is 23.5 Å². The first-order chi connectivity index (χ1) is 13.1. The normalized spacial score (nSPS) is 20.4. The quantitative estimate of drug-likeness (QED) is 0.402. The number of carbonyl (C=O) groups excluding carboxylic acids is 1. The fraction of sp³-hybridized carbons (Fsp3) is 0.292. The molecule has 140 valence electrons. The third-order valence-corrected chi connectivity index (χ3v) is 6.58. The molecule has 27 heavy (non-hydrogen) atoms. The Morgan fingerprint density at radius 1 is 0.815 bits per heavy atom. The first kappa shape index (κ1) is 20.0. The van der Waals surface area contributed by atoms with E-state index in [1.165, 1.54) is 9.79 Å². The lowest BCUT2D eigenvalue weighted by Crippen LogP contribution is -2.19. The third-order valence-electron chi connectivity index (χ3n) is 5.09. The number of Topliss-reactive ketones (excluding diaryl/α,β-unsaturated/α-hetero) is 1. The highest BCUT2D eigenvalue weighted by molar-refractivity contribution is 7.98. The minimum absolute atomic E-state index is 0.211. The molecule has 0 heterocycles. The molecule has 1 saturated carbocycles. The molecule has 0 aromatic heterocycles. The molecule has 2 aromatic carbocycles. The SMILES string of the molecule is CCC1CC(=Cc2ccc(SC)cc2)C(=O)C(=Cc2ccc(SC)cc2)C1. The van der Waals surface area contributed by atoms with Crippen LogP contribution in [0, 0.1) is 5.92 Å². The number of thioether (sulfide) groups is 2. The average Bonchev–Trinajstić information content (AvgIpc) is 2.72. The molecule has 0 aliphatic heterocycles. The molecule has 1 aliphatic carbocycles. The largest absolute Gasteiger partial charge is 0.289 e. The summed E-state index contributed by atoms with van der Waals surface area (Å²) in [5.74, 6) is 0.749. The van der Waals surface area contributed by atoms with E-state index in [4.69, 9.17) is 0 Å². The zero-order valence-electron chi connectivity index (χ0n) is 16.2. The maximum Gasteiger partial charge on any atom is 0.185 e. The van der Waals surface area contributed by atoms with Crippen LogP contribution in [0.1, 0.15) is 37.3 Å². The van der Waals surface area contributed by atoms with Crippen molar-refractivity contribution in [1.29, 1.82) is 0 Å². The van der Waals surface area contributed by atoms with E-state index >= 15 is 0 Å². The lowest BCUT2D eigenvalue weighted by atomic mass is 9.79. The van der Waals surface area contributed by atoms with Crippen molar-refractivity contribution in [2.75, 3.05) is 12.5 Å². The summed E-state index contributed by atoms with van der Waals surface area (Å²) in [6, 6.07) is 16.9. The molecule has 1 fully saturated rings. The van der Waals surface area contributed by atoms with Crippen LogP contribution in [0.4, 0.5) is 0 Å². The Bertz CT molecular complexity index is 775. The van der Waals surface area contributed by atoms with Crippen molar-refractivity contribution in [1.82, 2.24) is 0 Å². The topological polar surface area (TPSA) is 17.1 Å². The fourth-order valence-electron chi connectivity index (χ4n) is 3.43. The Hall–Kier alpha value is -1.71. The van der Waals surface area contributed by atoms with E-state index in [0.29, 0.717) is 5.92 Å². The molecule has 3 heteroatoms. The molecule has 0 amide bonds. The van der Waals surface area contributed by atoms with Crippen LogP contribution in [0.2, 0.25) is 0 Å². The summed E-state index contributed by atoms with van der Waals surface area (Å²) in [5.41, 5.74) is 4.10. The Kier molecular flexibility index (Phi) is 7.03. The van der Waals surface area contributed by atoms with Crippen molar-refractivity contribution in [2.24, 2.45) is 5.92 Å². The van der Waals surface area contributed by atoms with E-state index < -0.39 is 0 Å². The van der Waals surface area contributed by atoms with Crippen molar-refractivity contribution >= 4 is 41.5 Å². The highest BCUT2D eigenvalue weighted by Gasteiger charge is 2.26. The zero-order chi connectivity index (χ0) is 19.2. The van der Waals surface area contributed by atoms with Gasteiger partial charge in [0.15, 0.2) is 5.78 Å². The van der Waals surface area contributed by atoms with E-state index in [-0.39, 0.29) is 5.78 Å². The molecule has 0 spiro atoms. The summed E-state index contributed by atoms with van der Waals surface area (Å²) < 4.78 is 0. The molecule has 0 unspecified atom stereocenters. The second-order valence-electron chi connectivity index (χ2n) is 6.90. The summed E-state index contributed by atoms with van der Waals surface area (Å²) >= 11 is 3.47. The van der Waals surface area contributed by atoms with Crippen LogP contribution in [0.25, 0.3) is 12.2 Å². The predicted octanol–water partition coefficient (Wildman–Crippen LogP) is 6.99. The van der Waals surface area contributed by atoms with Crippen molar-refractivity contribution in [2.45, 2.75) is 36.0 Å². The number of benzene rings is 2. The Balaban J connectivity index is 1.89. The van der Waals surface area contributed by atoms with Crippen molar-refractivity contribution in [3.63, 3.8) is 0 Å². The van der Waals surface area contributed by atoms with Gasteiger partial charge < -0.3 is 0 Å². The number of carbonyl (C=O) groups is 1. The van der Waals surface area contributed by atoms with Gasteiger partial charge in [-0.2, -0.15) is 0 Å². The molecular formula is C24H26OS2. The fourth-order valence-corrected chi connectivity index (χ4v) is 4.24. The van der Waals surface area contributed by atoms with Gasteiger partial charge in [-0.25, -0.2) is 0 Å². The standard InChI is InChI=1S/C24H26OS2/c1-4-17-13-20(15-18-5-9-22(26-2)10-6-18)24(25)21(14-17)16-19-7-11-23(27-3)12-8-19/h5-12,15-17H,4,13-14H2,1-3H3. The molecule has 0 N–H and O–H groups in total. The zero-order valence-corrected chi connectivity index (χ0v) is 17.8. The summed E-state index contributed by atoms with van der Waals surface area (Å²) in [7, 11) is 0. The Morgan fingerprint density at radius 3 is 1.56 bits per heavy atom. The van der Waals surface area contributed by atoms with Gasteiger partial charge >= 0.3 is 0 Å². The minimum atomic E-state index is 0.211. The first-order valence-corrected chi connectivity index (χ1v) is 11.8. The maximum atomic E-state index is 13.1.